The predicted molar refractivity (Wildman–Crippen MR) is 74.7 cm³/mol. The highest BCUT2D eigenvalue weighted by molar-refractivity contribution is 7.13. The summed E-state index contributed by atoms with van der Waals surface area (Å²) in [5.74, 6) is -1.11. The number of hydrogen-bond acceptors (Lipinski definition) is 5. The van der Waals surface area contributed by atoms with Crippen LogP contribution in [0.3, 0.4) is 0 Å². The average Bonchev–Trinajstić information content (AvgIpc) is 2.78. The van der Waals surface area contributed by atoms with Crippen molar-refractivity contribution in [1.82, 2.24) is 4.98 Å². The van der Waals surface area contributed by atoms with Crippen LogP contribution in [0.4, 0.5) is 10.8 Å². The molecule has 0 aliphatic heterocycles. The number of carbonyl (C=O) groups is 1. The zero-order chi connectivity index (χ0) is 13.8. The quantitative estimate of drug-likeness (QED) is 0.907. The third-order valence-electron chi connectivity index (χ3n) is 2.85. The van der Waals surface area contributed by atoms with Gasteiger partial charge in [0.05, 0.1) is 5.69 Å². The van der Waals surface area contributed by atoms with Crippen molar-refractivity contribution in [2.24, 2.45) is 0 Å². The minimum absolute atomic E-state index is 0.146. The van der Waals surface area contributed by atoms with Crippen LogP contribution in [0.5, 0.6) is 0 Å². The van der Waals surface area contributed by atoms with Crippen LogP contribution in [0.25, 0.3) is 0 Å². The number of hydrogen-bond donors (Lipinski definition) is 1. The fraction of sp³-hybridized carbons (Fsp3) is 0.286. The minimum atomic E-state index is -1.11. The molecule has 0 radical (unpaired) electrons. The Labute approximate surface area is 116 Å². The second kappa shape index (κ2) is 5.84. The molecule has 0 saturated carbocycles. The van der Waals surface area contributed by atoms with Crippen LogP contribution in [0, 0.1) is 6.92 Å². The van der Waals surface area contributed by atoms with Gasteiger partial charge in [0.25, 0.3) is 0 Å². The molecule has 1 aromatic heterocycles. The number of nitrogens with zero attached hydrogens (tertiary/aromatic N) is 1. The van der Waals surface area contributed by atoms with Gasteiger partial charge < -0.3 is 15.2 Å². The molecule has 19 heavy (non-hydrogen) atoms. The summed E-state index contributed by atoms with van der Waals surface area (Å²) < 4.78 is 0. The second-order valence-electron chi connectivity index (χ2n) is 4.28. The lowest BCUT2D eigenvalue weighted by Crippen LogP contribution is -2.24. The van der Waals surface area contributed by atoms with Gasteiger partial charge in [-0.1, -0.05) is 25.1 Å². The molecule has 0 bridgehead atoms. The van der Waals surface area contributed by atoms with Gasteiger partial charge in [0, 0.05) is 23.5 Å². The Kier molecular flexibility index (Phi) is 4.16. The Morgan fingerprint density at radius 3 is 2.95 bits per heavy atom. The molecule has 2 rings (SSSR count). The maximum atomic E-state index is 10.5. The molecule has 1 aromatic carbocycles. The molecule has 0 aliphatic rings. The molecule has 0 spiro atoms. The van der Waals surface area contributed by atoms with E-state index in [1.165, 1.54) is 16.9 Å². The van der Waals surface area contributed by atoms with Gasteiger partial charge in [-0.15, -0.1) is 11.3 Å². The number of benzene rings is 1. The van der Waals surface area contributed by atoms with Gasteiger partial charge in [-0.2, -0.15) is 0 Å². The van der Waals surface area contributed by atoms with Gasteiger partial charge in [-0.05, 0) is 24.5 Å². The number of thiazole rings is 1. The fourth-order valence-electron chi connectivity index (χ4n) is 1.90. The highest BCUT2D eigenvalue weighted by Crippen LogP contribution is 2.27. The van der Waals surface area contributed by atoms with Crippen molar-refractivity contribution in [2.45, 2.75) is 26.7 Å². The predicted octanol–water partition coefficient (Wildman–Crippen LogP) is 2.05. The lowest BCUT2D eigenvalue weighted by Gasteiger charge is -2.11. The Morgan fingerprint density at radius 1 is 1.47 bits per heavy atom. The minimum Gasteiger partial charge on any atom is -0.550 e. The third-order valence-corrected chi connectivity index (χ3v) is 3.66. The molecule has 100 valence electrons. The molecule has 0 unspecified atom stereocenters. The van der Waals surface area contributed by atoms with Crippen molar-refractivity contribution in [3.05, 3.63) is 40.4 Å². The van der Waals surface area contributed by atoms with Crippen molar-refractivity contribution in [3.63, 3.8) is 0 Å². The Bertz CT molecular complexity index is 593. The summed E-state index contributed by atoms with van der Waals surface area (Å²) in [5.41, 5.74) is 3.95. The molecule has 1 heterocycles. The molecule has 5 heteroatoms. The number of anilines is 2. The molecule has 0 amide bonds. The van der Waals surface area contributed by atoms with E-state index in [2.05, 4.69) is 23.3 Å². The van der Waals surface area contributed by atoms with Crippen LogP contribution < -0.4 is 10.4 Å². The van der Waals surface area contributed by atoms with Crippen LogP contribution in [0.2, 0.25) is 0 Å². The maximum absolute atomic E-state index is 10.5. The van der Waals surface area contributed by atoms with Gasteiger partial charge in [0.2, 0.25) is 0 Å². The van der Waals surface area contributed by atoms with E-state index in [9.17, 15) is 9.90 Å². The Hall–Kier alpha value is -1.88. The molecule has 1 N–H and O–H groups in total. The smallest absolute Gasteiger partial charge is 0.187 e. The monoisotopic (exact) mass is 275 g/mol. The zero-order valence-corrected chi connectivity index (χ0v) is 11.7. The summed E-state index contributed by atoms with van der Waals surface area (Å²) in [6.45, 7) is 4.14. The molecule has 0 aliphatic carbocycles. The summed E-state index contributed by atoms with van der Waals surface area (Å²) in [6, 6.07) is 6.14. The van der Waals surface area contributed by atoms with Gasteiger partial charge in [0.15, 0.2) is 5.13 Å². The van der Waals surface area contributed by atoms with Crippen molar-refractivity contribution in [2.75, 3.05) is 5.32 Å². The van der Waals surface area contributed by atoms with E-state index >= 15 is 0 Å². The number of nitrogens with one attached hydrogen (secondary N) is 1. The van der Waals surface area contributed by atoms with E-state index in [-0.39, 0.29) is 6.42 Å². The van der Waals surface area contributed by atoms with Gasteiger partial charge >= 0.3 is 0 Å². The summed E-state index contributed by atoms with van der Waals surface area (Å²) >= 11 is 1.40. The molecule has 4 nitrogen and oxygen atoms in total. The fourth-order valence-corrected chi connectivity index (χ4v) is 2.62. The normalized spacial score (nSPS) is 10.4. The number of para-hydroxylation sites is 1. The molecular formula is C14H15N2O2S-. The number of carbonyl (C=O) groups excluding carboxylic acids is 1. The number of carboxylic acid groups (broad SMARTS) is 1. The van der Waals surface area contributed by atoms with Gasteiger partial charge in [-0.25, -0.2) is 4.98 Å². The van der Waals surface area contributed by atoms with E-state index in [0.29, 0.717) is 10.8 Å². The molecule has 0 saturated heterocycles. The van der Waals surface area contributed by atoms with E-state index in [1.807, 2.05) is 19.1 Å². The Morgan fingerprint density at radius 2 is 2.26 bits per heavy atom. The molecule has 0 atom stereocenters. The first-order valence-corrected chi connectivity index (χ1v) is 6.98. The SMILES string of the molecule is CCc1cccc(C)c1Nc1nc(CC(=O)[O-])cs1. The first-order valence-electron chi connectivity index (χ1n) is 6.10. The lowest BCUT2D eigenvalue weighted by atomic mass is 10.1. The second-order valence-corrected chi connectivity index (χ2v) is 5.14. The highest BCUT2D eigenvalue weighted by Gasteiger charge is 2.07. The average molecular weight is 275 g/mol. The molecule has 0 fully saturated rings. The van der Waals surface area contributed by atoms with Crippen LogP contribution in [-0.2, 0) is 17.6 Å². The number of aliphatic carboxylic acids is 1. The van der Waals surface area contributed by atoms with Crippen LogP contribution >= 0.6 is 11.3 Å². The first kappa shape index (κ1) is 13.5. The third kappa shape index (κ3) is 3.32. The summed E-state index contributed by atoms with van der Waals surface area (Å²) in [4.78, 5) is 14.8. The number of aryl methyl sites for hydroxylation is 2. The van der Waals surface area contributed by atoms with E-state index in [4.69, 9.17) is 0 Å². The van der Waals surface area contributed by atoms with Crippen LogP contribution in [-0.4, -0.2) is 11.0 Å². The highest BCUT2D eigenvalue weighted by atomic mass is 32.1. The van der Waals surface area contributed by atoms with E-state index < -0.39 is 5.97 Å². The topological polar surface area (TPSA) is 65.0 Å². The molecular weight excluding hydrogens is 260 g/mol. The number of carboxylic acids is 1. The Balaban J connectivity index is 2.21. The van der Waals surface area contributed by atoms with Crippen molar-refractivity contribution in [1.29, 1.82) is 0 Å². The number of aromatic nitrogens is 1. The maximum Gasteiger partial charge on any atom is 0.187 e. The first-order chi connectivity index (χ1) is 9.10. The van der Waals surface area contributed by atoms with Crippen molar-refractivity contribution in [3.8, 4) is 0 Å². The van der Waals surface area contributed by atoms with Crippen LogP contribution in [0.15, 0.2) is 23.6 Å². The van der Waals surface area contributed by atoms with E-state index in [0.717, 1.165) is 17.7 Å². The van der Waals surface area contributed by atoms with Gasteiger partial charge in [0.1, 0.15) is 0 Å². The largest absolute Gasteiger partial charge is 0.550 e. The summed E-state index contributed by atoms with van der Waals surface area (Å²) in [5, 5.41) is 16.3. The van der Waals surface area contributed by atoms with Crippen molar-refractivity contribution < 1.29 is 9.90 Å². The van der Waals surface area contributed by atoms with E-state index in [1.54, 1.807) is 5.38 Å². The zero-order valence-electron chi connectivity index (χ0n) is 10.9. The van der Waals surface area contributed by atoms with Crippen molar-refractivity contribution >= 4 is 28.1 Å². The van der Waals surface area contributed by atoms with Gasteiger partial charge in [-0.3, -0.25) is 0 Å². The molecule has 2 aromatic rings. The van der Waals surface area contributed by atoms with Crippen LogP contribution in [0.1, 0.15) is 23.7 Å². The lowest BCUT2D eigenvalue weighted by molar-refractivity contribution is -0.304. The summed E-state index contributed by atoms with van der Waals surface area (Å²) in [6.07, 6.45) is 0.786. The standard InChI is InChI=1S/C14H16N2O2S/c1-3-10-6-4-5-9(2)13(10)16-14-15-11(8-19-14)7-12(17)18/h4-6,8H,3,7H2,1-2H3,(H,15,16)(H,17,18)/p-1. The summed E-state index contributed by atoms with van der Waals surface area (Å²) in [7, 11) is 0. The number of rotatable bonds is 5.